The molecule has 3 aliphatic rings. The lowest BCUT2D eigenvalue weighted by Crippen LogP contribution is -2.66. The van der Waals surface area contributed by atoms with Crippen LogP contribution in [0.1, 0.15) is 37.3 Å². The van der Waals surface area contributed by atoms with Crippen molar-refractivity contribution >= 4 is 0 Å². The van der Waals surface area contributed by atoms with Gasteiger partial charge in [-0.1, -0.05) is 38.1 Å². The first-order chi connectivity index (χ1) is 9.21. The highest BCUT2D eigenvalue weighted by atomic mass is 15.4. The third-order valence-electron chi connectivity index (χ3n) is 5.35. The molecular weight excluding hydrogens is 232 g/mol. The molecule has 3 aliphatic heterocycles. The topological polar surface area (TPSA) is 3.24 Å². The lowest BCUT2D eigenvalue weighted by Gasteiger charge is -2.50. The fourth-order valence-electron chi connectivity index (χ4n) is 3.54. The molecule has 3 saturated heterocycles. The van der Waals surface area contributed by atoms with Gasteiger partial charge in [-0.25, -0.2) is 0 Å². The number of fused-ring (bicyclic) bond motifs is 3. The smallest absolute Gasteiger partial charge is 0.104 e. The van der Waals surface area contributed by atoms with Gasteiger partial charge >= 0.3 is 0 Å². The number of benzene rings is 1. The summed E-state index contributed by atoms with van der Waals surface area (Å²) in [5.74, 6) is 0.694. The molecule has 1 unspecified atom stereocenters. The van der Waals surface area contributed by atoms with E-state index in [0.29, 0.717) is 5.92 Å². The van der Waals surface area contributed by atoms with Crippen molar-refractivity contribution in [3.63, 3.8) is 0 Å². The zero-order valence-corrected chi connectivity index (χ0v) is 12.4. The minimum atomic E-state index is 0.694. The van der Waals surface area contributed by atoms with E-state index in [1.807, 2.05) is 0 Å². The molecular formula is C17H27N2+. The molecule has 1 aromatic rings. The Morgan fingerprint density at radius 3 is 2.16 bits per heavy atom. The Morgan fingerprint density at radius 1 is 1.05 bits per heavy atom. The summed E-state index contributed by atoms with van der Waals surface area (Å²) >= 11 is 0. The normalized spacial score (nSPS) is 31.4. The summed E-state index contributed by atoms with van der Waals surface area (Å²) in [5.41, 5.74) is 3.03. The van der Waals surface area contributed by atoms with Crippen LogP contribution in [0, 0.1) is 0 Å². The van der Waals surface area contributed by atoms with Crippen LogP contribution in [0.2, 0.25) is 0 Å². The van der Waals surface area contributed by atoms with E-state index in [4.69, 9.17) is 0 Å². The second-order valence-corrected chi connectivity index (χ2v) is 6.56. The molecule has 4 rings (SSSR count). The van der Waals surface area contributed by atoms with Crippen molar-refractivity contribution in [1.82, 2.24) is 4.90 Å². The zero-order chi connectivity index (χ0) is 13.3. The third kappa shape index (κ3) is 2.70. The molecule has 0 saturated carbocycles. The summed E-state index contributed by atoms with van der Waals surface area (Å²) in [6.07, 6.45) is 1.23. The minimum absolute atomic E-state index is 0.694. The lowest BCUT2D eigenvalue weighted by atomic mass is 9.97. The monoisotopic (exact) mass is 259 g/mol. The van der Waals surface area contributed by atoms with Crippen LogP contribution in [-0.4, -0.2) is 48.7 Å². The number of quaternary nitrogens is 1. The van der Waals surface area contributed by atoms with E-state index in [1.54, 1.807) is 0 Å². The number of hydrogen-bond acceptors (Lipinski definition) is 1. The van der Waals surface area contributed by atoms with Gasteiger partial charge in [0.25, 0.3) is 0 Å². The van der Waals surface area contributed by atoms with Gasteiger partial charge in [-0.15, -0.1) is 0 Å². The van der Waals surface area contributed by atoms with Crippen LogP contribution in [0.3, 0.4) is 0 Å². The summed E-state index contributed by atoms with van der Waals surface area (Å²) in [4.78, 5) is 2.62. The van der Waals surface area contributed by atoms with Gasteiger partial charge in [-0.3, -0.25) is 4.90 Å². The Bertz CT molecular complexity index is 402. The SMILES string of the molecule is CCC(C)c1ccc(C[N+]23CCN(CC2)CC3)cc1. The molecule has 1 atom stereocenters. The molecule has 3 fully saturated rings. The van der Waals surface area contributed by atoms with Crippen molar-refractivity contribution in [2.75, 3.05) is 39.3 Å². The lowest BCUT2D eigenvalue weighted by molar-refractivity contribution is -0.953. The second-order valence-electron chi connectivity index (χ2n) is 6.56. The first-order valence-corrected chi connectivity index (χ1v) is 7.87. The van der Waals surface area contributed by atoms with Gasteiger partial charge in [0, 0.05) is 25.2 Å². The highest BCUT2D eigenvalue weighted by Gasteiger charge is 2.38. The van der Waals surface area contributed by atoms with Gasteiger partial charge in [-0.2, -0.15) is 0 Å². The number of hydrogen-bond donors (Lipinski definition) is 0. The molecule has 0 N–H and O–H groups in total. The largest absolute Gasteiger partial charge is 0.317 e. The fraction of sp³-hybridized carbons (Fsp3) is 0.647. The predicted molar refractivity (Wildman–Crippen MR) is 80.2 cm³/mol. The van der Waals surface area contributed by atoms with Crippen LogP contribution in [0.5, 0.6) is 0 Å². The van der Waals surface area contributed by atoms with Crippen LogP contribution in [-0.2, 0) is 6.54 Å². The molecule has 19 heavy (non-hydrogen) atoms. The van der Waals surface area contributed by atoms with Gasteiger partial charge in [0.15, 0.2) is 0 Å². The van der Waals surface area contributed by atoms with Crippen molar-refractivity contribution < 1.29 is 4.48 Å². The second kappa shape index (κ2) is 5.26. The Balaban J connectivity index is 1.69. The van der Waals surface area contributed by atoms with Gasteiger partial charge in [0.2, 0.25) is 0 Å². The third-order valence-corrected chi connectivity index (χ3v) is 5.35. The molecule has 0 radical (unpaired) electrons. The number of nitrogens with zero attached hydrogens (tertiary/aromatic N) is 2. The van der Waals surface area contributed by atoms with Gasteiger partial charge in [-0.05, 0) is 17.9 Å². The molecule has 0 aliphatic carbocycles. The Hall–Kier alpha value is -0.860. The van der Waals surface area contributed by atoms with Crippen LogP contribution < -0.4 is 0 Å². The Morgan fingerprint density at radius 2 is 1.63 bits per heavy atom. The maximum Gasteiger partial charge on any atom is 0.104 e. The fourth-order valence-corrected chi connectivity index (χ4v) is 3.54. The molecule has 2 bridgehead atoms. The minimum Gasteiger partial charge on any atom is -0.317 e. The van der Waals surface area contributed by atoms with Crippen molar-refractivity contribution in [2.24, 2.45) is 0 Å². The maximum absolute atomic E-state index is 2.62. The Kier molecular flexibility index (Phi) is 3.64. The van der Waals surface area contributed by atoms with Gasteiger partial charge < -0.3 is 4.48 Å². The van der Waals surface area contributed by atoms with E-state index < -0.39 is 0 Å². The molecule has 104 valence electrons. The average molecular weight is 259 g/mol. The standard InChI is InChI=1S/C17H27N2/c1-3-15(2)17-6-4-16(5-7-17)14-19-11-8-18(9-12-19)10-13-19/h4-7,15H,3,8-14H2,1-2H3/q+1. The summed E-state index contributed by atoms with van der Waals surface area (Å²) < 4.78 is 1.33. The van der Waals surface area contributed by atoms with E-state index in [9.17, 15) is 0 Å². The quantitative estimate of drug-likeness (QED) is 0.752. The van der Waals surface area contributed by atoms with Crippen molar-refractivity contribution in [1.29, 1.82) is 0 Å². The average Bonchev–Trinajstić information content (AvgIpc) is 2.49. The highest BCUT2D eigenvalue weighted by molar-refractivity contribution is 5.24. The molecule has 0 amide bonds. The number of rotatable bonds is 4. The zero-order valence-electron chi connectivity index (χ0n) is 12.4. The molecule has 1 aromatic carbocycles. The first-order valence-electron chi connectivity index (χ1n) is 7.87. The molecule has 2 nitrogen and oxygen atoms in total. The van der Waals surface area contributed by atoms with Gasteiger partial charge in [0.05, 0.1) is 19.6 Å². The summed E-state index contributed by atoms with van der Waals surface area (Å²) in [6.45, 7) is 13.8. The van der Waals surface area contributed by atoms with Crippen LogP contribution >= 0.6 is 0 Å². The summed E-state index contributed by atoms with van der Waals surface area (Å²) in [7, 11) is 0. The maximum atomic E-state index is 2.62. The van der Waals surface area contributed by atoms with Crippen LogP contribution in [0.15, 0.2) is 24.3 Å². The summed E-state index contributed by atoms with van der Waals surface area (Å²) in [5, 5.41) is 0. The molecule has 3 heterocycles. The van der Waals surface area contributed by atoms with Crippen LogP contribution in [0.4, 0.5) is 0 Å². The van der Waals surface area contributed by atoms with E-state index >= 15 is 0 Å². The molecule has 0 spiro atoms. The summed E-state index contributed by atoms with van der Waals surface area (Å²) in [6, 6.07) is 9.44. The van der Waals surface area contributed by atoms with Crippen LogP contribution in [0.25, 0.3) is 0 Å². The van der Waals surface area contributed by atoms with E-state index in [1.165, 1.54) is 67.8 Å². The molecule has 0 aromatic heterocycles. The van der Waals surface area contributed by atoms with E-state index in [-0.39, 0.29) is 0 Å². The Labute approximate surface area is 117 Å². The van der Waals surface area contributed by atoms with Gasteiger partial charge in [0.1, 0.15) is 6.54 Å². The van der Waals surface area contributed by atoms with Crippen molar-refractivity contribution in [3.8, 4) is 0 Å². The predicted octanol–water partition coefficient (Wildman–Crippen LogP) is 2.85. The molecule has 2 heteroatoms. The number of piperazine rings is 3. The van der Waals surface area contributed by atoms with Crippen molar-refractivity contribution in [3.05, 3.63) is 35.4 Å². The van der Waals surface area contributed by atoms with E-state index in [2.05, 4.69) is 43.0 Å². The van der Waals surface area contributed by atoms with Crippen molar-refractivity contribution in [2.45, 2.75) is 32.7 Å². The van der Waals surface area contributed by atoms with E-state index in [0.717, 1.165) is 0 Å². The highest BCUT2D eigenvalue weighted by Crippen LogP contribution is 2.24. The first kappa shape index (κ1) is 13.1.